The Bertz CT molecular complexity index is 502. The Balaban J connectivity index is 2.65. The van der Waals surface area contributed by atoms with Gasteiger partial charge in [0.05, 0.1) is 0 Å². The average molecular weight is 312 g/mol. The van der Waals surface area contributed by atoms with Crippen molar-refractivity contribution in [1.29, 1.82) is 0 Å². The summed E-state index contributed by atoms with van der Waals surface area (Å²) in [5.41, 5.74) is 0.887. The molecule has 1 rings (SSSR count). The summed E-state index contributed by atoms with van der Waals surface area (Å²) in [6.07, 6.45) is 0.902. The minimum Gasteiger partial charge on any atom is -0.480 e. The van der Waals surface area contributed by atoms with Crippen molar-refractivity contribution in [2.45, 2.75) is 39.7 Å². The van der Waals surface area contributed by atoms with E-state index in [1.807, 2.05) is 32.0 Å². The normalized spacial score (nSPS) is 13.8. The molecule has 0 aliphatic carbocycles. The van der Waals surface area contributed by atoms with Crippen LogP contribution in [0, 0.1) is 11.8 Å². The summed E-state index contributed by atoms with van der Waals surface area (Å²) in [6, 6.07) is 6.51. The molecule has 0 spiro atoms. The van der Waals surface area contributed by atoms with Gasteiger partial charge in [0.15, 0.2) is 0 Å². The van der Waals surface area contributed by atoms with Gasteiger partial charge in [0.1, 0.15) is 6.04 Å². The Morgan fingerprint density at radius 1 is 1.24 bits per heavy atom. The number of benzene rings is 1. The minimum absolute atomic E-state index is 0.199. The third kappa shape index (κ3) is 5.76. The number of amides is 1. The van der Waals surface area contributed by atoms with E-state index in [0.29, 0.717) is 17.9 Å². The van der Waals surface area contributed by atoms with Crippen LogP contribution < -0.4 is 5.32 Å². The van der Waals surface area contributed by atoms with Crippen LogP contribution in [-0.4, -0.2) is 23.0 Å². The molecule has 1 unspecified atom stereocenters. The zero-order chi connectivity index (χ0) is 16.0. The molecule has 0 heterocycles. The fourth-order valence-electron chi connectivity index (χ4n) is 2.09. The van der Waals surface area contributed by atoms with Gasteiger partial charge >= 0.3 is 5.97 Å². The SMILES string of the molecule is CC(C)C[C@@H](NC(=O)C(C)Cc1ccccc1Cl)C(=O)O. The quantitative estimate of drug-likeness (QED) is 0.813. The number of aliphatic carboxylic acids is 1. The molecular weight excluding hydrogens is 290 g/mol. The Labute approximate surface area is 130 Å². The summed E-state index contributed by atoms with van der Waals surface area (Å²) in [7, 11) is 0. The van der Waals surface area contributed by atoms with Crippen molar-refractivity contribution in [3.8, 4) is 0 Å². The fraction of sp³-hybridized carbons (Fsp3) is 0.500. The van der Waals surface area contributed by atoms with Crippen molar-refractivity contribution in [2.24, 2.45) is 11.8 Å². The number of carboxylic acids is 1. The predicted octanol–water partition coefficient (Wildman–Crippen LogP) is 3.13. The van der Waals surface area contributed by atoms with Crippen LogP contribution in [0.3, 0.4) is 0 Å². The smallest absolute Gasteiger partial charge is 0.326 e. The first kappa shape index (κ1) is 17.5. The maximum absolute atomic E-state index is 12.1. The number of carboxylic acid groups (broad SMARTS) is 1. The van der Waals surface area contributed by atoms with E-state index in [2.05, 4.69) is 5.32 Å². The highest BCUT2D eigenvalue weighted by Crippen LogP contribution is 2.19. The van der Waals surface area contributed by atoms with Gasteiger partial charge in [-0.05, 0) is 30.4 Å². The van der Waals surface area contributed by atoms with Gasteiger partial charge in [-0.3, -0.25) is 4.79 Å². The van der Waals surface area contributed by atoms with E-state index < -0.39 is 12.0 Å². The maximum Gasteiger partial charge on any atom is 0.326 e. The molecule has 0 bridgehead atoms. The van der Waals surface area contributed by atoms with E-state index in [9.17, 15) is 9.59 Å². The number of nitrogens with one attached hydrogen (secondary N) is 1. The molecule has 116 valence electrons. The van der Waals surface area contributed by atoms with Crippen LogP contribution in [0.1, 0.15) is 32.8 Å². The van der Waals surface area contributed by atoms with Crippen LogP contribution in [0.5, 0.6) is 0 Å². The first-order valence-corrected chi connectivity index (χ1v) is 7.45. The molecule has 0 saturated heterocycles. The lowest BCUT2D eigenvalue weighted by Gasteiger charge is -2.19. The van der Waals surface area contributed by atoms with Crippen molar-refractivity contribution < 1.29 is 14.7 Å². The highest BCUT2D eigenvalue weighted by Gasteiger charge is 2.24. The molecule has 0 radical (unpaired) electrons. The summed E-state index contributed by atoms with van der Waals surface area (Å²) >= 11 is 6.07. The standard InChI is InChI=1S/C16H22ClNO3/c1-10(2)8-14(16(20)21)18-15(19)11(3)9-12-6-4-5-7-13(12)17/h4-7,10-11,14H,8-9H2,1-3H3,(H,18,19)(H,20,21)/t11?,14-/m1/s1. The second-order valence-electron chi connectivity index (χ2n) is 5.73. The molecule has 1 amide bonds. The van der Waals surface area contributed by atoms with Gasteiger partial charge < -0.3 is 10.4 Å². The number of hydrogen-bond acceptors (Lipinski definition) is 2. The largest absolute Gasteiger partial charge is 0.480 e. The lowest BCUT2D eigenvalue weighted by atomic mass is 9.98. The molecule has 0 saturated carbocycles. The lowest BCUT2D eigenvalue weighted by Crippen LogP contribution is -2.44. The van der Waals surface area contributed by atoms with Gasteiger partial charge in [-0.15, -0.1) is 0 Å². The highest BCUT2D eigenvalue weighted by atomic mass is 35.5. The van der Waals surface area contributed by atoms with E-state index in [-0.39, 0.29) is 17.7 Å². The topological polar surface area (TPSA) is 66.4 Å². The summed E-state index contributed by atoms with van der Waals surface area (Å²) in [4.78, 5) is 23.3. The van der Waals surface area contributed by atoms with E-state index in [1.54, 1.807) is 13.0 Å². The molecule has 0 aromatic heterocycles. The summed E-state index contributed by atoms with van der Waals surface area (Å²) in [5, 5.41) is 12.4. The molecule has 0 fully saturated rings. The molecule has 1 aromatic carbocycles. The van der Waals surface area contributed by atoms with Gasteiger partial charge in [0.25, 0.3) is 0 Å². The van der Waals surface area contributed by atoms with Crippen molar-refractivity contribution in [2.75, 3.05) is 0 Å². The summed E-state index contributed by atoms with van der Waals surface area (Å²) < 4.78 is 0. The number of halogens is 1. The zero-order valence-electron chi connectivity index (χ0n) is 12.6. The van der Waals surface area contributed by atoms with Crippen molar-refractivity contribution in [3.63, 3.8) is 0 Å². The molecule has 1 aromatic rings. The first-order valence-electron chi connectivity index (χ1n) is 7.07. The summed E-state index contributed by atoms with van der Waals surface area (Å²) in [5.74, 6) is -1.39. The predicted molar refractivity (Wildman–Crippen MR) is 83.3 cm³/mol. The molecule has 2 atom stereocenters. The molecule has 2 N–H and O–H groups in total. The lowest BCUT2D eigenvalue weighted by molar-refractivity contribution is -0.142. The summed E-state index contributed by atoms with van der Waals surface area (Å²) in [6.45, 7) is 5.62. The first-order chi connectivity index (χ1) is 9.81. The van der Waals surface area contributed by atoms with Crippen LogP contribution in [0.2, 0.25) is 5.02 Å². The van der Waals surface area contributed by atoms with Gasteiger partial charge in [-0.25, -0.2) is 4.79 Å². The van der Waals surface area contributed by atoms with Crippen molar-refractivity contribution in [1.82, 2.24) is 5.32 Å². The van der Waals surface area contributed by atoms with E-state index >= 15 is 0 Å². The molecule has 5 heteroatoms. The van der Waals surface area contributed by atoms with Crippen LogP contribution >= 0.6 is 11.6 Å². The van der Waals surface area contributed by atoms with E-state index in [0.717, 1.165) is 5.56 Å². The van der Waals surface area contributed by atoms with Crippen LogP contribution in [0.25, 0.3) is 0 Å². The van der Waals surface area contributed by atoms with E-state index in [1.165, 1.54) is 0 Å². The molecule has 4 nitrogen and oxygen atoms in total. The van der Waals surface area contributed by atoms with Crippen molar-refractivity contribution >= 4 is 23.5 Å². The highest BCUT2D eigenvalue weighted by molar-refractivity contribution is 6.31. The average Bonchev–Trinajstić information content (AvgIpc) is 2.39. The minimum atomic E-state index is -0.998. The molecule has 0 aliphatic rings. The zero-order valence-corrected chi connectivity index (χ0v) is 13.4. The second-order valence-corrected chi connectivity index (χ2v) is 6.13. The van der Waals surface area contributed by atoms with Gasteiger partial charge in [-0.1, -0.05) is 50.6 Å². The fourth-order valence-corrected chi connectivity index (χ4v) is 2.31. The Kier molecular flexibility index (Phi) is 6.69. The third-order valence-corrected chi connectivity index (χ3v) is 3.62. The van der Waals surface area contributed by atoms with Crippen LogP contribution in [0.4, 0.5) is 0 Å². The van der Waals surface area contributed by atoms with Crippen LogP contribution in [0.15, 0.2) is 24.3 Å². The number of carbonyl (C=O) groups is 2. The Morgan fingerprint density at radius 2 is 1.86 bits per heavy atom. The Morgan fingerprint density at radius 3 is 2.38 bits per heavy atom. The van der Waals surface area contributed by atoms with Gasteiger partial charge in [0.2, 0.25) is 5.91 Å². The van der Waals surface area contributed by atoms with Gasteiger partial charge in [0, 0.05) is 10.9 Å². The number of rotatable bonds is 7. The Hall–Kier alpha value is -1.55. The van der Waals surface area contributed by atoms with Gasteiger partial charge in [-0.2, -0.15) is 0 Å². The number of hydrogen-bond donors (Lipinski definition) is 2. The van der Waals surface area contributed by atoms with E-state index in [4.69, 9.17) is 16.7 Å². The number of carbonyl (C=O) groups excluding carboxylic acids is 1. The van der Waals surface area contributed by atoms with Crippen molar-refractivity contribution in [3.05, 3.63) is 34.9 Å². The maximum atomic E-state index is 12.1. The van der Waals surface area contributed by atoms with Crippen LogP contribution in [-0.2, 0) is 16.0 Å². The third-order valence-electron chi connectivity index (χ3n) is 3.25. The molecule has 21 heavy (non-hydrogen) atoms. The monoisotopic (exact) mass is 311 g/mol. The second kappa shape index (κ2) is 8.03. The molecule has 0 aliphatic heterocycles. The molecular formula is C16H22ClNO3.